The van der Waals surface area contributed by atoms with Crippen molar-refractivity contribution in [1.29, 1.82) is 0 Å². The van der Waals surface area contributed by atoms with Crippen LogP contribution in [0, 0.1) is 0 Å². The van der Waals surface area contributed by atoms with Gasteiger partial charge in [-0.25, -0.2) is 0 Å². The van der Waals surface area contributed by atoms with Crippen LogP contribution < -0.4 is 15.8 Å². The number of ether oxygens (including phenoxy) is 1. The Labute approximate surface area is 117 Å². The zero-order valence-electron chi connectivity index (χ0n) is 11.5. The van der Waals surface area contributed by atoms with Crippen molar-refractivity contribution in [3.63, 3.8) is 0 Å². The molecule has 0 bridgehead atoms. The number of carbonyl (C=O) groups is 2. The third-order valence-electron chi connectivity index (χ3n) is 2.58. The van der Waals surface area contributed by atoms with Crippen molar-refractivity contribution in [3.8, 4) is 5.75 Å². The van der Waals surface area contributed by atoms with Crippen molar-refractivity contribution in [2.24, 2.45) is 5.73 Å². The summed E-state index contributed by atoms with van der Waals surface area (Å²) in [5.41, 5.74) is 5.47. The van der Waals surface area contributed by atoms with Gasteiger partial charge < -0.3 is 20.9 Å². The van der Waals surface area contributed by atoms with E-state index >= 15 is 0 Å². The molecular weight excluding hydrogens is 260 g/mol. The Morgan fingerprint density at radius 2 is 2.00 bits per heavy atom. The van der Waals surface area contributed by atoms with Gasteiger partial charge in [0.1, 0.15) is 5.75 Å². The third-order valence-corrected chi connectivity index (χ3v) is 2.58. The van der Waals surface area contributed by atoms with Crippen LogP contribution in [0.25, 0.3) is 0 Å². The maximum absolute atomic E-state index is 11.8. The summed E-state index contributed by atoms with van der Waals surface area (Å²) in [6, 6.07) is 6.43. The molecule has 4 N–H and O–H groups in total. The number of amides is 2. The van der Waals surface area contributed by atoms with Crippen molar-refractivity contribution in [2.75, 3.05) is 13.2 Å². The molecule has 1 aromatic rings. The van der Waals surface area contributed by atoms with Gasteiger partial charge >= 0.3 is 0 Å². The van der Waals surface area contributed by atoms with Gasteiger partial charge in [0.2, 0.25) is 0 Å². The molecule has 20 heavy (non-hydrogen) atoms. The highest BCUT2D eigenvalue weighted by Gasteiger charge is 2.05. The normalized spacial score (nSPS) is 11.7. The van der Waals surface area contributed by atoms with Crippen LogP contribution >= 0.6 is 0 Å². The number of aliphatic hydroxyl groups excluding tert-OH is 1. The molecule has 6 heteroatoms. The number of hydrogen-bond donors (Lipinski definition) is 3. The molecule has 0 saturated heterocycles. The highest BCUT2D eigenvalue weighted by atomic mass is 16.5. The second-order valence-corrected chi connectivity index (χ2v) is 4.53. The van der Waals surface area contributed by atoms with E-state index in [1.807, 2.05) is 0 Å². The first-order valence-electron chi connectivity index (χ1n) is 6.46. The Kier molecular flexibility index (Phi) is 6.52. The molecule has 0 aliphatic carbocycles. The lowest BCUT2D eigenvalue weighted by molar-refractivity contribution is -0.119. The zero-order valence-corrected chi connectivity index (χ0v) is 11.5. The SMILES string of the molecule is CC(O)CCCNC(=O)c1ccc(OCC(N)=O)cc1. The Balaban J connectivity index is 2.39. The highest BCUT2D eigenvalue weighted by Crippen LogP contribution is 2.12. The molecule has 110 valence electrons. The number of benzene rings is 1. The van der Waals surface area contributed by atoms with Crippen LogP contribution in [0.5, 0.6) is 5.75 Å². The van der Waals surface area contributed by atoms with Crippen molar-refractivity contribution >= 4 is 11.8 Å². The fraction of sp³-hybridized carbons (Fsp3) is 0.429. The van der Waals surface area contributed by atoms with E-state index in [2.05, 4.69) is 5.32 Å². The van der Waals surface area contributed by atoms with Gasteiger partial charge in [-0.05, 0) is 44.0 Å². The van der Waals surface area contributed by atoms with E-state index in [1.165, 1.54) is 0 Å². The Morgan fingerprint density at radius 3 is 2.55 bits per heavy atom. The maximum Gasteiger partial charge on any atom is 0.255 e. The van der Waals surface area contributed by atoms with E-state index in [1.54, 1.807) is 31.2 Å². The van der Waals surface area contributed by atoms with Gasteiger partial charge in [-0.3, -0.25) is 9.59 Å². The molecule has 0 radical (unpaired) electrons. The zero-order chi connectivity index (χ0) is 15.0. The molecule has 1 rings (SSSR count). The number of primary amides is 1. The van der Waals surface area contributed by atoms with Gasteiger partial charge in [0.25, 0.3) is 11.8 Å². The van der Waals surface area contributed by atoms with Crippen LogP contribution in [0.1, 0.15) is 30.1 Å². The molecule has 1 atom stereocenters. The summed E-state index contributed by atoms with van der Waals surface area (Å²) < 4.78 is 5.09. The van der Waals surface area contributed by atoms with Gasteiger partial charge in [-0.2, -0.15) is 0 Å². The van der Waals surface area contributed by atoms with Crippen LogP contribution in [0.4, 0.5) is 0 Å². The van der Waals surface area contributed by atoms with Crippen molar-refractivity contribution in [2.45, 2.75) is 25.9 Å². The van der Waals surface area contributed by atoms with Crippen LogP contribution in [-0.4, -0.2) is 36.2 Å². The smallest absolute Gasteiger partial charge is 0.255 e. The molecule has 6 nitrogen and oxygen atoms in total. The number of nitrogens with two attached hydrogens (primary N) is 1. The van der Waals surface area contributed by atoms with E-state index in [-0.39, 0.29) is 18.6 Å². The topological polar surface area (TPSA) is 102 Å². The second-order valence-electron chi connectivity index (χ2n) is 4.53. The monoisotopic (exact) mass is 280 g/mol. The first kappa shape index (κ1) is 16.0. The van der Waals surface area contributed by atoms with Crippen LogP contribution in [0.15, 0.2) is 24.3 Å². The van der Waals surface area contributed by atoms with Crippen molar-refractivity contribution in [3.05, 3.63) is 29.8 Å². The first-order valence-corrected chi connectivity index (χ1v) is 6.46. The van der Waals surface area contributed by atoms with Crippen LogP contribution in [-0.2, 0) is 4.79 Å². The van der Waals surface area contributed by atoms with E-state index in [4.69, 9.17) is 15.6 Å². The summed E-state index contributed by atoms with van der Waals surface area (Å²) >= 11 is 0. The van der Waals surface area contributed by atoms with E-state index in [0.29, 0.717) is 24.3 Å². The molecule has 0 aromatic heterocycles. The Morgan fingerprint density at radius 1 is 1.35 bits per heavy atom. The summed E-state index contributed by atoms with van der Waals surface area (Å²) in [5.74, 6) is -0.253. The van der Waals surface area contributed by atoms with Gasteiger partial charge in [0, 0.05) is 12.1 Å². The van der Waals surface area contributed by atoms with E-state index in [0.717, 1.165) is 6.42 Å². The summed E-state index contributed by atoms with van der Waals surface area (Å²) in [6.45, 7) is 2.04. The molecule has 1 unspecified atom stereocenters. The molecule has 0 fully saturated rings. The molecule has 0 aliphatic rings. The number of carbonyl (C=O) groups excluding carboxylic acids is 2. The average Bonchev–Trinajstić information content (AvgIpc) is 2.41. The number of nitrogens with one attached hydrogen (secondary N) is 1. The Hall–Kier alpha value is -2.08. The molecule has 1 aromatic carbocycles. The second kappa shape index (κ2) is 8.16. The third kappa shape index (κ3) is 6.19. The largest absolute Gasteiger partial charge is 0.484 e. The lowest BCUT2D eigenvalue weighted by atomic mass is 10.2. The maximum atomic E-state index is 11.8. The predicted molar refractivity (Wildman–Crippen MR) is 74.4 cm³/mol. The number of aliphatic hydroxyl groups is 1. The minimum atomic E-state index is -0.551. The molecule has 0 aliphatic heterocycles. The minimum Gasteiger partial charge on any atom is -0.484 e. The standard InChI is InChI=1S/C14H20N2O4/c1-10(17)3-2-8-16-14(19)11-4-6-12(7-5-11)20-9-13(15)18/h4-7,10,17H,2-3,8-9H2,1H3,(H2,15,18)(H,16,19). The van der Waals surface area contributed by atoms with Gasteiger partial charge in [-0.1, -0.05) is 0 Å². The quantitative estimate of drug-likeness (QED) is 0.601. The number of hydrogen-bond acceptors (Lipinski definition) is 4. The van der Waals surface area contributed by atoms with Crippen LogP contribution in [0.2, 0.25) is 0 Å². The fourth-order valence-corrected chi connectivity index (χ4v) is 1.56. The first-order chi connectivity index (χ1) is 9.49. The average molecular weight is 280 g/mol. The highest BCUT2D eigenvalue weighted by molar-refractivity contribution is 5.94. The number of rotatable bonds is 8. The fourth-order valence-electron chi connectivity index (χ4n) is 1.56. The lowest BCUT2D eigenvalue weighted by Gasteiger charge is -2.07. The van der Waals surface area contributed by atoms with E-state index < -0.39 is 5.91 Å². The van der Waals surface area contributed by atoms with Crippen LogP contribution in [0.3, 0.4) is 0 Å². The molecule has 0 spiro atoms. The van der Waals surface area contributed by atoms with Crippen molar-refractivity contribution in [1.82, 2.24) is 5.32 Å². The summed E-state index contributed by atoms with van der Waals surface area (Å²) in [5, 5.41) is 11.9. The summed E-state index contributed by atoms with van der Waals surface area (Å²) in [6.07, 6.45) is 1.03. The predicted octanol–water partition coefficient (Wildman–Crippen LogP) is 0.442. The Bertz CT molecular complexity index is 443. The summed E-state index contributed by atoms with van der Waals surface area (Å²) in [7, 11) is 0. The summed E-state index contributed by atoms with van der Waals surface area (Å²) in [4.78, 5) is 22.3. The van der Waals surface area contributed by atoms with E-state index in [9.17, 15) is 9.59 Å². The molecular formula is C14H20N2O4. The van der Waals surface area contributed by atoms with Crippen molar-refractivity contribution < 1.29 is 19.4 Å². The van der Waals surface area contributed by atoms with Gasteiger partial charge in [-0.15, -0.1) is 0 Å². The lowest BCUT2D eigenvalue weighted by Crippen LogP contribution is -2.25. The molecule has 0 heterocycles. The molecule has 0 saturated carbocycles. The molecule has 2 amide bonds. The van der Waals surface area contributed by atoms with Gasteiger partial charge in [0.05, 0.1) is 6.10 Å². The minimum absolute atomic E-state index is 0.183. The van der Waals surface area contributed by atoms with Gasteiger partial charge in [0.15, 0.2) is 6.61 Å².